The van der Waals surface area contributed by atoms with Gasteiger partial charge < -0.3 is 10.1 Å². The van der Waals surface area contributed by atoms with Crippen LogP contribution in [0.2, 0.25) is 0 Å². The molecule has 1 unspecified atom stereocenters. The van der Waals surface area contributed by atoms with E-state index in [0.29, 0.717) is 48.9 Å². The zero-order chi connectivity index (χ0) is 26.7. The van der Waals surface area contributed by atoms with Gasteiger partial charge in [-0.2, -0.15) is 13.2 Å². The fraction of sp³-hybridized carbons (Fsp3) is 0.346. The minimum atomic E-state index is -4.58. The monoisotopic (exact) mass is 542 g/mol. The van der Waals surface area contributed by atoms with Gasteiger partial charge in [-0.05, 0) is 66.3 Å². The van der Waals surface area contributed by atoms with Crippen molar-refractivity contribution in [3.63, 3.8) is 0 Å². The summed E-state index contributed by atoms with van der Waals surface area (Å²) in [5.74, 6) is -0.626. The third kappa shape index (κ3) is 4.36. The molecule has 4 aromatic rings. The highest BCUT2D eigenvalue weighted by Gasteiger charge is 2.46. The van der Waals surface area contributed by atoms with Crippen molar-refractivity contribution in [3.8, 4) is 5.88 Å². The van der Waals surface area contributed by atoms with Gasteiger partial charge in [0.25, 0.3) is 0 Å². The van der Waals surface area contributed by atoms with Crippen molar-refractivity contribution in [2.45, 2.75) is 43.5 Å². The maximum absolute atomic E-state index is 13.6. The van der Waals surface area contributed by atoms with Crippen molar-refractivity contribution in [2.75, 3.05) is 19.6 Å². The smallest absolute Gasteiger partial charge is 0.452 e. The van der Waals surface area contributed by atoms with E-state index in [1.54, 1.807) is 31.3 Å². The van der Waals surface area contributed by atoms with Gasteiger partial charge in [0.05, 0.1) is 6.54 Å². The summed E-state index contributed by atoms with van der Waals surface area (Å²) in [5, 5.41) is 10.4. The number of aromatic nitrogens is 4. The Bertz CT molecular complexity index is 1570. The van der Waals surface area contributed by atoms with Crippen molar-refractivity contribution >= 4 is 16.6 Å². The molecule has 1 fully saturated rings. The predicted octanol–water partition coefficient (Wildman–Crippen LogP) is 3.61. The van der Waals surface area contributed by atoms with Gasteiger partial charge in [-0.15, -0.1) is 10.2 Å². The number of halogens is 3. The highest BCUT2D eigenvalue weighted by atomic mass is 32.2. The van der Waals surface area contributed by atoms with E-state index in [1.165, 1.54) is 6.20 Å². The molecule has 0 radical (unpaired) electrons. The van der Waals surface area contributed by atoms with Crippen LogP contribution >= 0.6 is 0 Å². The fourth-order valence-corrected chi connectivity index (χ4v) is 6.29. The molecule has 1 saturated heterocycles. The van der Waals surface area contributed by atoms with E-state index in [9.17, 15) is 17.4 Å². The number of fused-ring (bicyclic) bond motifs is 2. The van der Waals surface area contributed by atoms with Crippen LogP contribution in [-0.2, 0) is 30.1 Å². The third-order valence-corrected chi connectivity index (χ3v) is 8.59. The van der Waals surface area contributed by atoms with Crippen LogP contribution in [0.1, 0.15) is 33.6 Å². The van der Waals surface area contributed by atoms with Crippen LogP contribution in [0.25, 0.3) is 5.65 Å². The second-order valence-corrected chi connectivity index (χ2v) is 11.3. The lowest BCUT2D eigenvalue weighted by molar-refractivity contribution is -0.145. The second-order valence-electron chi connectivity index (χ2n) is 9.86. The lowest BCUT2D eigenvalue weighted by atomic mass is 9.95. The number of ether oxygens (including phenoxy) is 1. The van der Waals surface area contributed by atoms with E-state index in [-0.39, 0.29) is 5.65 Å². The lowest BCUT2D eigenvalue weighted by Crippen LogP contribution is -2.67. The molecule has 1 N–H and O–H groups in total. The molecule has 5 heterocycles. The van der Waals surface area contributed by atoms with Crippen molar-refractivity contribution in [3.05, 3.63) is 82.4 Å². The highest BCUT2D eigenvalue weighted by molar-refractivity contribution is 7.82. The normalized spacial score (nSPS) is 19.1. The van der Waals surface area contributed by atoms with Crippen molar-refractivity contribution < 1.29 is 22.1 Å². The number of nitrogens with zero attached hydrogens (tertiary/aromatic N) is 5. The molecule has 6 rings (SSSR count). The van der Waals surface area contributed by atoms with Gasteiger partial charge in [0.15, 0.2) is 5.65 Å². The quantitative estimate of drug-likeness (QED) is 0.424. The van der Waals surface area contributed by atoms with Crippen LogP contribution in [0, 0.1) is 13.8 Å². The van der Waals surface area contributed by atoms with E-state index in [1.807, 2.05) is 23.4 Å². The second kappa shape index (κ2) is 9.14. The molecule has 3 aromatic heterocycles. The molecule has 0 amide bonds. The summed E-state index contributed by atoms with van der Waals surface area (Å²) in [6.07, 6.45) is -1.06. The van der Waals surface area contributed by atoms with Gasteiger partial charge in [0.2, 0.25) is 11.7 Å². The Labute approximate surface area is 219 Å². The van der Waals surface area contributed by atoms with Crippen LogP contribution in [0.15, 0.2) is 53.7 Å². The molecule has 2 aliphatic heterocycles. The summed E-state index contributed by atoms with van der Waals surface area (Å²) < 4.78 is 62.5. The molecular formula is C26H25F3N6O2S. The summed E-state index contributed by atoms with van der Waals surface area (Å²) >= 11 is 0. The van der Waals surface area contributed by atoms with E-state index in [4.69, 9.17) is 4.74 Å². The Morgan fingerprint density at radius 1 is 1.13 bits per heavy atom. The highest BCUT2D eigenvalue weighted by Crippen LogP contribution is 2.34. The molecule has 38 heavy (non-hydrogen) atoms. The first kappa shape index (κ1) is 25.0. The molecule has 1 aromatic carbocycles. The van der Waals surface area contributed by atoms with E-state index in [2.05, 4.69) is 26.6 Å². The van der Waals surface area contributed by atoms with Gasteiger partial charge in [-0.3, -0.25) is 4.40 Å². The molecule has 12 heteroatoms. The van der Waals surface area contributed by atoms with Crippen molar-refractivity contribution in [1.82, 2.24) is 29.2 Å². The van der Waals surface area contributed by atoms with Crippen molar-refractivity contribution in [1.29, 1.82) is 0 Å². The maximum Gasteiger partial charge on any atom is 0.452 e. The number of pyridine rings is 2. The number of hydrogen-bond donors (Lipinski definition) is 1. The zero-order valence-corrected chi connectivity index (χ0v) is 21.6. The molecule has 2 aliphatic rings. The van der Waals surface area contributed by atoms with Crippen LogP contribution in [0.5, 0.6) is 5.88 Å². The van der Waals surface area contributed by atoms with Gasteiger partial charge in [0.1, 0.15) is 21.5 Å². The lowest BCUT2D eigenvalue weighted by Gasteiger charge is -2.42. The van der Waals surface area contributed by atoms with Crippen LogP contribution in [-0.4, -0.2) is 53.3 Å². The molecule has 1 spiro atoms. The first-order valence-corrected chi connectivity index (χ1v) is 13.2. The summed E-state index contributed by atoms with van der Waals surface area (Å²) in [6, 6.07) is 11.3. The Kier molecular flexibility index (Phi) is 6.00. The molecule has 0 bridgehead atoms. The summed E-state index contributed by atoms with van der Waals surface area (Å²) in [6.45, 7) is 6.00. The van der Waals surface area contributed by atoms with E-state index < -0.39 is 28.6 Å². The largest absolute Gasteiger partial charge is 0.466 e. The van der Waals surface area contributed by atoms with Crippen LogP contribution in [0.3, 0.4) is 0 Å². The minimum Gasteiger partial charge on any atom is -0.466 e. The Hall–Kier alpha value is -3.35. The number of benzene rings is 1. The first-order chi connectivity index (χ1) is 18.1. The van der Waals surface area contributed by atoms with Gasteiger partial charge in [-0.1, -0.05) is 18.2 Å². The molecule has 0 saturated carbocycles. The van der Waals surface area contributed by atoms with Gasteiger partial charge in [0, 0.05) is 32.0 Å². The van der Waals surface area contributed by atoms with Gasteiger partial charge in [-0.25, -0.2) is 13.5 Å². The molecule has 8 nitrogen and oxygen atoms in total. The summed E-state index contributed by atoms with van der Waals surface area (Å²) in [5.41, 5.74) is 4.28. The average Bonchev–Trinajstić information content (AvgIpc) is 3.26. The average molecular weight is 543 g/mol. The van der Waals surface area contributed by atoms with E-state index >= 15 is 0 Å². The number of aryl methyl sites for hydroxylation is 2. The first-order valence-electron chi connectivity index (χ1n) is 12.1. The zero-order valence-electron chi connectivity index (χ0n) is 20.7. The summed E-state index contributed by atoms with van der Waals surface area (Å²) in [7, 11) is -1.45. The molecule has 198 valence electrons. The third-order valence-electron chi connectivity index (χ3n) is 7.18. The number of rotatable bonds is 4. The van der Waals surface area contributed by atoms with Crippen molar-refractivity contribution in [2.24, 2.45) is 0 Å². The Morgan fingerprint density at radius 3 is 2.68 bits per heavy atom. The molecule has 1 atom stereocenters. The number of hydrogen-bond acceptors (Lipinski definition) is 6. The standard InChI is InChI=1S/C26H25F3N6O2S/c1-16-5-6-18(10-19-7-9-35-22(17(19)2)32-33-24(35)26(27,28)29)11-20(16)12-34-15-25(13-30-14-25)37-23-21(38(34)36)4-3-8-31-23/h3-9,11,30H,10,12-15H2,1-2H3. The topological polar surface area (TPSA) is 84.7 Å². The fourth-order valence-electron chi connectivity index (χ4n) is 4.97. The van der Waals surface area contributed by atoms with Crippen LogP contribution < -0.4 is 10.1 Å². The Morgan fingerprint density at radius 2 is 1.95 bits per heavy atom. The molecular weight excluding hydrogens is 517 g/mol. The SMILES string of the molecule is Cc1ccc(Cc2ccn3c(C(F)(F)F)nnc3c2C)cc1CN1CC2(CNC2)Oc2ncccc2S1=O. The predicted molar refractivity (Wildman–Crippen MR) is 134 cm³/mol. The number of alkyl halides is 3. The maximum atomic E-state index is 13.6. The minimum absolute atomic E-state index is 0.189. The molecule has 0 aliphatic carbocycles. The van der Waals surface area contributed by atoms with E-state index in [0.717, 1.165) is 26.7 Å². The number of nitrogens with one attached hydrogen (secondary N) is 1. The van der Waals surface area contributed by atoms with Gasteiger partial charge >= 0.3 is 6.18 Å². The summed E-state index contributed by atoms with van der Waals surface area (Å²) in [4.78, 5) is 4.88. The Balaban J connectivity index is 1.29. The van der Waals surface area contributed by atoms with Crippen LogP contribution in [0.4, 0.5) is 13.2 Å².